The van der Waals surface area contributed by atoms with Gasteiger partial charge in [-0.25, -0.2) is 4.98 Å². The Kier molecular flexibility index (Phi) is 7.02. The third-order valence-electron chi connectivity index (χ3n) is 13.0. The molecule has 0 saturated carbocycles. The molecule has 63 heavy (non-hydrogen) atoms. The van der Waals surface area contributed by atoms with Gasteiger partial charge in [-0.1, -0.05) is 170 Å². The summed E-state index contributed by atoms with van der Waals surface area (Å²) in [7, 11) is 0. The summed E-state index contributed by atoms with van der Waals surface area (Å²) < 4.78 is 11.1. The highest BCUT2D eigenvalue weighted by molar-refractivity contribution is 6.29. The van der Waals surface area contributed by atoms with Crippen LogP contribution in [0.2, 0.25) is 0 Å². The average molecular weight is 804 g/mol. The smallest absolute Gasteiger partial charge is 0.238 e. The molecule has 0 aliphatic heterocycles. The number of para-hydroxylation sites is 3. The number of fused-ring (bicyclic) bond motifs is 16. The second kappa shape index (κ2) is 12.9. The van der Waals surface area contributed by atoms with Crippen molar-refractivity contribution in [1.29, 1.82) is 0 Å². The topological polar surface area (TPSA) is 61.7 Å². The molecule has 4 heterocycles. The number of aromatic nitrogens is 5. The van der Waals surface area contributed by atoms with E-state index in [4.69, 9.17) is 19.4 Å². The van der Waals surface area contributed by atoms with Gasteiger partial charge < -0.3 is 8.98 Å². The predicted octanol–water partition coefficient (Wildman–Crippen LogP) is 14.8. The molecule has 6 heteroatoms. The van der Waals surface area contributed by atoms with E-state index < -0.39 is 0 Å². The van der Waals surface area contributed by atoms with Crippen molar-refractivity contribution in [2.45, 2.75) is 0 Å². The molecule has 0 N–H and O–H groups in total. The molecule has 10 aromatic carbocycles. The van der Waals surface area contributed by atoms with Crippen LogP contribution in [0.15, 0.2) is 205 Å². The fraction of sp³-hybridized carbons (Fsp3) is 0. The first kappa shape index (κ1) is 34.1. The monoisotopic (exact) mass is 803 g/mol. The van der Waals surface area contributed by atoms with Crippen LogP contribution in [0, 0.1) is 0 Å². The van der Waals surface area contributed by atoms with E-state index >= 15 is 0 Å². The van der Waals surface area contributed by atoms with Crippen LogP contribution >= 0.6 is 0 Å². The van der Waals surface area contributed by atoms with Crippen molar-refractivity contribution < 1.29 is 4.42 Å². The quantitative estimate of drug-likeness (QED) is 0.166. The van der Waals surface area contributed by atoms with Gasteiger partial charge in [0.25, 0.3) is 0 Å². The Bertz CT molecular complexity index is 4170. The van der Waals surface area contributed by atoms with E-state index in [-0.39, 0.29) is 0 Å². The molecule has 6 nitrogen and oxygen atoms in total. The Morgan fingerprint density at radius 1 is 0.317 bits per heavy atom. The summed E-state index contributed by atoms with van der Waals surface area (Å²) in [5.74, 6) is 1.70. The average Bonchev–Trinajstić information content (AvgIpc) is 4.02. The fourth-order valence-electron chi connectivity index (χ4n) is 10.3. The summed E-state index contributed by atoms with van der Waals surface area (Å²) in [4.78, 5) is 16.1. The first-order chi connectivity index (χ1) is 31.3. The van der Waals surface area contributed by atoms with Crippen LogP contribution in [0.3, 0.4) is 0 Å². The van der Waals surface area contributed by atoms with E-state index in [9.17, 15) is 0 Å². The van der Waals surface area contributed by atoms with Crippen molar-refractivity contribution in [1.82, 2.24) is 24.1 Å². The number of hydrogen-bond acceptors (Lipinski definition) is 4. The highest BCUT2D eigenvalue weighted by atomic mass is 16.3. The van der Waals surface area contributed by atoms with E-state index in [1.165, 1.54) is 37.7 Å². The fourth-order valence-corrected chi connectivity index (χ4v) is 10.3. The van der Waals surface area contributed by atoms with Gasteiger partial charge in [-0.3, -0.25) is 4.57 Å². The molecule has 14 aromatic rings. The van der Waals surface area contributed by atoms with Gasteiger partial charge in [0.05, 0.1) is 27.8 Å². The van der Waals surface area contributed by atoms with Crippen LogP contribution in [0.1, 0.15) is 0 Å². The van der Waals surface area contributed by atoms with Gasteiger partial charge >= 0.3 is 0 Å². The van der Waals surface area contributed by atoms with Crippen molar-refractivity contribution in [3.8, 4) is 34.4 Å². The zero-order valence-corrected chi connectivity index (χ0v) is 33.7. The molecule has 14 rings (SSSR count). The number of nitrogens with zero attached hydrogens (tertiary/aromatic N) is 5. The second-order valence-corrected chi connectivity index (χ2v) is 16.3. The molecule has 0 aliphatic rings. The third kappa shape index (κ3) is 4.80. The van der Waals surface area contributed by atoms with Gasteiger partial charge in [-0.05, 0) is 57.3 Å². The van der Waals surface area contributed by atoms with Crippen molar-refractivity contribution >= 4 is 97.9 Å². The van der Waals surface area contributed by atoms with E-state index in [2.05, 4.69) is 161 Å². The van der Waals surface area contributed by atoms with Gasteiger partial charge in [0, 0.05) is 48.8 Å². The minimum absolute atomic E-state index is 0.536. The molecule has 4 aromatic heterocycles. The lowest BCUT2D eigenvalue weighted by Crippen LogP contribution is -2.07. The molecular formula is C57H33N5O. The van der Waals surface area contributed by atoms with Gasteiger partial charge in [-0.15, -0.1) is 0 Å². The van der Waals surface area contributed by atoms with E-state index in [1.54, 1.807) is 0 Å². The molecule has 0 amide bonds. The molecule has 0 fully saturated rings. The summed E-state index contributed by atoms with van der Waals surface area (Å²) in [6.07, 6.45) is 0. The first-order valence-corrected chi connectivity index (χ1v) is 21.3. The maximum atomic E-state index is 6.38. The van der Waals surface area contributed by atoms with Gasteiger partial charge in [0.2, 0.25) is 5.95 Å². The maximum absolute atomic E-state index is 6.38. The first-order valence-electron chi connectivity index (χ1n) is 21.3. The maximum Gasteiger partial charge on any atom is 0.238 e. The summed E-state index contributed by atoms with van der Waals surface area (Å²) in [5.41, 5.74) is 8.76. The zero-order valence-electron chi connectivity index (χ0n) is 33.7. The Morgan fingerprint density at radius 2 is 0.825 bits per heavy atom. The Balaban J connectivity index is 1.16. The van der Waals surface area contributed by atoms with Crippen LogP contribution in [0.25, 0.3) is 132 Å². The second-order valence-electron chi connectivity index (χ2n) is 16.3. The van der Waals surface area contributed by atoms with Crippen molar-refractivity contribution in [3.63, 3.8) is 0 Å². The van der Waals surface area contributed by atoms with E-state index in [0.29, 0.717) is 17.6 Å². The molecule has 0 bridgehead atoms. The number of hydrogen-bond donors (Lipinski definition) is 0. The molecule has 0 atom stereocenters. The highest BCUT2D eigenvalue weighted by Crippen LogP contribution is 2.45. The van der Waals surface area contributed by atoms with E-state index in [0.717, 1.165) is 77.0 Å². The lowest BCUT2D eigenvalue weighted by atomic mass is 9.93. The molecule has 0 saturated heterocycles. The Morgan fingerprint density at radius 3 is 1.54 bits per heavy atom. The number of rotatable bonds is 4. The normalized spacial score (nSPS) is 12.1. The molecule has 0 radical (unpaired) electrons. The Labute approximate surface area is 359 Å². The van der Waals surface area contributed by atoms with Crippen molar-refractivity contribution in [2.75, 3.05) is 0 Å². The number of benzene rings is 10. The molecular weight excluding hydrogens is 771 g/mol. The zero-order chi connectivity index (χ0) is 41.2. The standard InChI is InChI=1S/C57H33N5O/c1-2-16-34(17-3-1)55-58-56(45-26-15-31-50-52(45)44-24-10-13-30-49(44)63-50)60-57(59-55)62-47-28-12-9-22-39(47)43-33-32-42-38-21-8-11-27-46(38)61(53(42)54(43)62)48-29-14-25-41-37-19-5-4-18-35(37)36-20-6-7-23-40(36)51(41)48/h1-33H. The van der Waals surface area contributed by atoms with Crippen LogP contribution in [-0.2, 0) is 0 Å². The minimum Gasteiger partial charge on any atom is -0.456 e. The van der Waals surface area contributed by atoms with Gasteiger partial charge in [0.1, 0.15) is 11.2 Å². The lowest BCUT2D eigenvalue weighted by molar-refractivity contribution is 0.669. The third-order valence-corrected chi connectivity index (χ3v) is 13.0. The summed E-state index contributed by atoms with van der Waals surface area (Å²) >= 11 is 0. The predicted molar refractivity (Wildman–Crippen MR) is 259 cm³/mol. The summed E-state index contributed by atoms with van der Waals surface area (Å²) in [6, 6.07) is 70.9. The SMILES string of the molecule is c1ccc(-c2nc(-c3cccc4oc5ccccc5c34)nc(-n3c4ccccc4c4ccc5c6ccccc6n(-c6cccc7c8ccccc8c8ccccc8c67)c5c43)n2)cc1. The summed E-state index contributed by atoms with van der Waals surface area (Å²) in [6.45, 7) is 0. The minimum atomic E-state index is 0.536. The van der Waals surface area contributed by atoms with Crippen LogP contribution in [0.5, 0.6) is 0 Å². The van der Waals surface area contributed by atoms with Crippen molar-refractivity contribution in [3.05, 3.63) is 200 Å². The van der Waals surface area contributed by atoms with Crippen molar-refractivity contribution in [2.24, 2.45) is 0 Å². The van der Waals surface area contributed by atoms with Crippen LogP contribution < -0.4 is 0 Å². The van der Waals surface area contributed by atoms with Crippen LogP contribution in [0.4, 0.5) is 0 Å². The molecule has 292 valence electrons. The van der Waals surface area contributed by atoms with Gasteiger partial charge in [0.15, 0.2) is 11.6 Å². The number of furan rings is 1. The molecule has 0 spiro atoms. The van der Waals surface area contributed by atoms with E-state index in [1.807, 2.05) is 48.5 Å². The molecule has 0 aliphatic carbocycles. The summed E-state index contributed by atoms with van der Waals surface area (Å²) in [5, 5.41) is 13.9. The highest BCUT2D eigenvalue weighted by Gasteiger charge is 2.25. The lowest BCUT2D eigenvalue weighted by Gasteiger charge is -2.17. The Hall–Kier alpha value is -8.61. The molecule has 0 unspecified atom stereocenters. The van der Waals surface area contributed by atoms with Gasteiger partial charge in [-0.2, -0.15) is 9.97 Å². The van der Waals surface area contributed by atoms with Crippen LogP contribution in [-0.4, -0.2) is 24.1 Å². The largest absolute Gasteiger partial charge is 0.456 e.